The van der Waals surface area contributed by atoms with Crippen LogP contribution in [0.3, 0.4) is 0 Å². The summed E-state index contributed by atoms with van der Waals surface area (Å²) >= 11 is 1.79. The summed E-state index contributed by atoms with van der Waals surface area (Å²) in [5.41, 5.74) is 2.70. The van der Waals surface area contributed by atoms with Crippen LogP contribution in [0.15, 0.2) is 35.5 Å². The lowest BCUT2D eigenvalue weighted by molar-refractivity contribution is 0.863. The Hall–Kier alpha value is -0.890. The highest BCUT2D eigenvalue weighted by atomic mass is 32.2. The molecule has 2 heteroatoms. The van der Waals surface area contributed by atoms with Crippen molar-refractivity contribution in [3.63, 3.8) is 0 Å². The highest BCUT2D eigenvalue weighted by Gasteiger charge is 2.02. The Morgan fingerprint density at radius 1 is 1.29 bits per heavy atom. The number of hydrogen-bond acceptors (Lipinski definition) is 1. The first-order valence-electron chi connectivity index (χ1n) is 4.86. The van der Waals surface area contributed by atoms with Crippen LogP contribution in [0.5, 0.6) is 0 Å². The number of pyridine rings is 1. The van der Waals surface area contributed by atoms with E-state index in [4.69, 9.17) is 0 Å². The van der Waals surface area contributed by atoms with Crippen molar-refractivity contribution in [1.82, 2.24) is 4.40 Å². The topological polar surface area (TPSA) is 4.41 Å². The molecule has 14 heavy (non-hydrogen) atoms. The lowest BCUT2D eigenvalue weighted by atomic mass is 10.1. The minimum absolute atomic E-state index is 0.604. The lowest BCUT2D eigenvalue weighted by Gasteiger charge is -2.05. The normalized spacial score (nSPS) is 11.4. The standard InChI is InChI=1S/C12H15NS/c1-9(2)10-4-5-13-8-12(14-3)7-11(13)6-10/h4-9H,1-3H3. The fraction of sp³-hybridized carbons (Fsp3) is 0.333. The molecular formula is C12H15NS. The van der Waals surface area contributed by atoms with Crippen LogP contribution in [0.1, 0.15) is 25.3 Å². The molecule has 0 N–H and O–H groups in total. The van der Waals surface area contributed by atoms with Gasteiger partial charge in [0.15, 0.2) is 0 Å². The molecule has 0 aromatic carbocycles. The van der Waals surface area contributed by atoms with E-state index in [0.717, 1.165) is 0 Å². The molecule has 2 heterocycles. The fourth-order valence-electron chi connectivity index (χ4n) is 1.57. The second kappa shape index (κ2) is 3.70. The summed E-state index contributed by atoms with van der Waals surface area (Å²) in [6.45, 7) is 4.45. The van der Waals surface area contributed by atoms with Crippen LogP contribution in [-0.4, -0.2) is 10.7 Å². The van der Waals surface area contributed by atoms with Gasteiger partial charge in [0, 0.05) is 22.8 Å². The minimum Gasteiger partial charge on any atom is -0.323 e. The maximum Gasteiger partial charge on any atom is 0.0464 e. The van der Waals surface area contributed by atoms with Crippen LogP contribution in [0.4, 0.5) is 0 Å². The average Bonchev–Trinajstić information content (AvgIpc) is 2.58. The molecule has 0 spiro atoms. The molecule has 0 aliphatic rings. The van der Waals surface area contributed by atoms with Gasteiger partial charge in [-0.15, -0.1) is 11.8 Å². The molecule has 0 amide bonds. The molecule has 2 rings (SSSR count). The molecule has 0 atom stereocenters. The third-order valence-corrected chi connectivity index (χ3v) is 3.19. The van der Waals surface area contributed by atoms with E-state index in [1.54, 1.807) is 11.8 Å². The second-order valence-corrected chi connectivity index (χ2v) is 4.71. The molecule has 1 nitrogen and oxygen atoms in total. The van der Waals surface area contributed by atoms with Gasteiger partial charge in [0.2, 0.25) is 0 Å². The Kier molecular flexibility index (Phi) is 2.55. The van der Waals surface area contributed by atoms with Crippen LogP contribution in [0.2, 0.25) is 0 Å². The van der Waals surface area contributed by atoms with Crippen molar-refractivity contribution in [2.75, 3.05) is 6.26 Å². The molecule has 0 fully saturated rings. The quantitative estimate of drug-likeness (QED) is 0.675. The van der Waals surface area contributed by atoms with Gasteiger partial charge in [-0.05, 0) is 35.9 Å². The number of nitrogens with zero attached hydrogens (tertiary/aromatic N) is 1. The zero-order valence-electron chi connectivity index (χ0n) is 8.82. The summed E-state index contributed by atoms with van der Waals surface area (Å²) in [7, 11) is 0. The van der Waals surface area contributed by atoms with E-state index in [1.165, 1.54) is 16.0 Å². The minimum atomic E-state index is 0.604. The van der Waals surface area contributed by atoms with Crippen molar-refractivity contribution >= 4 is 17.3 Å². The molecule has 74 valence electrons. The van der Waals surface area contributed by atoms with E-state index < -0.39 is 0 Å². The third kappa shape index (κ3) is 1.67. The number of fused-ring (bicyclic) bond motifs is 1. The van der Waals surface area contributed by atoms with Crippen LogP contribution >= 0.6 is 11.8 Å². The summed E-state index contributed by atoms with van der Waals surface area (Å²) < 4.78 is 2.18. The maximum absolute atomic E-state index is 2.27. The highest BCUT2D eigenvalue weighted by Crippen LogP contribution is 2.22. The molecule has 0 aliphatic carbocycles. The van der Waals surface area contributed by atoms with Gasteiger partial charge in [-0.25, -0.2) is 0 Å². The van der Waals surface area contributed by atoms with E-state index in [-0.39, 0.29) is 0 Å². The molecule has 0 radical (unpaired) electrons. The Morgan fingerprint density at radius 2 is 2.07 bits per heavy atom. The predicted octanol–water partition coefficient (Wildman–Crippen LogP) is 3.78. The molecule has 2 aromatic rings. The Morgan fingerprint density at radius 3 is 2.71 bits per heavy atom. The Bertz CT molecular complexity index is 443. The first-order chi connectivity index (χ1) is 6.70. The first-order valence-corrected chi connectivity index (χ1v) is 6.09. The number of thioether (sulfide) groups is 1. The Labute approximate surface area is 89.1 Å². The lowest BCUT2D eigenvalue weighted by Crippen LogP contribution is -1.89. The smallest absolute Gasteiger partial charge is 0.0464 e. The zero-order chi connectivity index (χ0) is 10.1. The summed E-state index contributed by atoms with van der Waals surface area (Å²) in [6.07, 6.45) is 6.42. The molecule has 0 saturated carbocycles. The summed E-state index contributed by atoms with van der Waals surface area (Å²) in [6, 6.07) is 6.70. The van der Waals surface area contributed by atoms with E-state index >= 15 is 0 Å². The van der Waals surface area contributed by atoms with Gasteiger partial charge in [-0.2, -0.15) is 0 Å². The average molecular weight is 205 g/mol. The van der Waals surface area contributed by atoms with Crippen LogP contribution < -0.4 is 0 Å². The third-order valence-electron chi connectivity index (χ3n) is 2.50. The predicted molar refractivity (Wildman–Crippen MR) is 63.3 cm³/mol. The summed E-state index contributed by atoms with van der Waals surface area (Å²) in [5, 5.41) is 0. The van der Waals surface area contributed by atoms with E-state index in [1.807, 2.05) is 0 Å². The van der Waals surface area contributed by atoms with Gasteiger partial charge >= 0.3 is 0 Å². The van der Waals surface area contributed by atoms with Crippen molar-refractivity contribution < 1.29 is 0 Å². The van der Waals surface area contributed by atoms with E-state index in [0.29, 0.717) is 5.92 Å². The molecule has 0 bridgehead atoms. The van der Waals surface area contributed by atoms with Gasteiger partial charge in [-0.3, -0.25) is 0 Å². The SMILES string of the molecule is CSc1cc2cc(C(C)C)ccn2c1. The van der Waals surface area contributed by atoms with E-state index in [2.05, 4.69) is 55.1 Å². The van der Waals surface area contributed by atoms with Crippen LogP contribution in [-0.2, 0) is 0 Å². The van der Waals surface area contributed by atoms with Crippen molar-refractivity contribution in [3.05, 3.63) is 36.2 Å². The molecule has 0 saturated heterocycles. The number of rotatable bonds is 2. The first kappa shape index (κ1) is 9.66. The van der Waals surface area contributed by atoms with Gasteiger partial charge in [0.25, 0.3) is 0 Å². The zero-order valence-corrected chi connectivity index (χ0v) is 9.64. The monoisotopic (exact) mass is 205 g/mol. The van der Waals surface area contributed by atoms with Crippen molar-refractivity contribution in [2.24, 2.45) is 0 Å². The van der Waals surface area contributed by atoms with Gasteiger partial charge in [0.05, 0.1) is 0 Å². The Balaban J connectivity index is 2.54. The van der Waals surface area contributed by atoms with Gasteiger partial charge in [0.1, 0.15) is 0 Å². The fourth-order valence-corrected chi connectivity index (χ4v) is 2.03. The van der Waals surface area contributed by atoms with Crippen molar-refractivity contribution in [1.29, 1.82) is 0 Å². The van der Waals surface area contributed by atoms with Crippen molar-refractivity contribution in [2.45, 2.75) is 24.7 Å². The van der Waals surface area contributed by atoms with Crippen molar-refractivity contribution in [3.8, 4) is 0 Å². The maximum atomic E-state index is 2.27. The number of aromatic nitrogens is 1. The van der Waals surface area contributed by atoms with Crippen LogP contribution in [0, 0.1) is 0 Å². The summed E-state index contributed by atoms with van der Waals surface area (Å²) in [5.74, 6) is 0.604. The van der Waals surface area contributed by atoms with Gasteiger partial charge < -0.3 is 4.40 Å². The molecule has 2 aromatic heterocycles. The van der Waals surface area contributed by atoms with Crippen LogP contribution in [0.25, 0.3) is 5.52 Å². The summed E-state index contributed by atoms with van der Waals surface area (Å²) in [4.78, 5) is 1.32. The molecule has 0 unspecified atom stereocenters. The second-order valence-electron chi connectivity index (χ2n) is 3.83. The highest BCUT2D eigenvalue weighted by molar-refractivity contribution is 7.98. The van der Waals surface area contributed by atoms with E-state index in [9.17, 15) is 0 Å². The molecular weight excluding hydrogens is 190 g/mol. The molecule has 0 aliphatic heterocycles. The largest absolute Gasteiger partial charge is 0.323 e. The number of hydrogen-bond donors (Lipinski definition) is 0. The van der Waals surface area contributed by atoms with Gasteiger partial charge in [-0.1, -0.05) is 13.8 Å².